The molecule has 2 aromatic carbocycles. The Kier molecular flexibility index (Phi) is 5.84. The van der Waals surface area contributed by atoms with Gasteiger partial charge in [-0.3, -0.25) is 14.6 Å². The summed E-state index contributed by atoms with van der Waals surface area (Å²) in [5, 5.41) is 2.89. The maximum atomic E-state index is 13.4. The number of aliphatic imine (C=N–C) groups is 1. The van der Waals surface area contributed by atoms with Crippen molar-refractivity contribution in [1.82, 2.24) is 4.90 Å². The minimum atomic E-state index is -0.621. The largest absolute Gasteiger partial charge is 0.497 e. The van der Waals surface area contributed by atoms with Crippen LogP contribution in [0.5, 0.6) is 5.75 Å². The van der Waals surface area contributed by atoms with Crippen molar-refractivity contribution >= 4 is 23.2 Å². The van der Waals surface area contributed by atoms with Crippen LogP contribution in [0.1, 0.15) is 44.1 Å². The van der Waals surface area contributed by atoms with Crippen molar-refractivity contribution in [3.63, 3.8) is 0 Å². The van der Waals surface area contributed by atoms with E-state index in [-0.39, 0.29) is 18.4 Å². The quantitative estimate of drug-likeness (QED) is 0.817. The summed E-state index contributed by atoms with van der Waals surface area (Å²) in [7, 11) is 1.59. The van der Waals surface area contributed by atoms with Crippen LogP contribution in [0.25, 0.3) is 0 Å². The summed E-state index contributed by atoms with van der Waals surface area (Å²) in [5.41, 5.74) is 1.29. The molecule has 6 heteroatoms. The van der Waals surface area contributed by atoms with Crippen molar-refractivity contribution in [3.05, 3.63) is 60.2 Å². The van der Waals surface area contributed by atoms with E-state index in [0.717, 1.165) is 44.1 Å². The molecule has 1 spiro atoms. The molecule has 0 atom stereocenters. The van der Waals surface area contributed by atoms with Crippen LogP contribution >= 0.6 is 0 Å². The zero-order valence-electron chi connectivity index (χ0n) is 17.3. The summed E-state index contributed by atoms with van der Waals surface area (Å²) in [6.07, 6.45) is 5.87. The van der Waals surface area contributed by atoms with Crippen molar-refractivity contribution < 1.29 is 14.3 Å². The molecule has 30 heavy (non-hydrogen) atoms. The molecular formula is C24H27N3O3. The lowest BCUT2D eigenvalue weighted by Crippen LogP contribution is -2.50. The summed E-state index contributed by atoms with van der Waals surface area (Å²) >= 11 is 0. The van der Waals surface area contributed by atoms with Crippen molar-refractivity contribution in [2.24, 2.45) is 4.99 Å². The van der Waals surface area contributed by atoms with Crippen molar-refractivity contribution in [2.75, 3.05) is 19.0 Å². The van der Waals surface area contributed by atoms with Crippen LogP contribution in [0.15, 0.2) is 59.6 Å². The summed E-state index contributed by atoms with van der Waals surface area (Å²) in [5.74, 6) is 0.272. The van der Waals surface area contributed by atoms with E-state index < -0.39 is 5.66 Å². The number of benzene rings is 2. The third-order valence-electron chi connectivity index (χ3n) is 5.88. The second-order valence-corrected chi connectivity index (χ2v) is 7.89. The van der Waals surface area contributed by atoms with Gasteiger partial charge >= 0.3 is 0 Å². The Morgan fingerprint density at radius 1 is 1.07 bits per heavy atom. The van der Waals surface area contributed by atoms with Gasteiger partial charge in [-0.15, -0.1) is 0 Å². The Balaban J connectivity index is 1.58. The Morgan fingerprint density at radius 2 is 1.80 bits per heavy atom. The number of amides is 2. The SMILES string of the molecule is COc1cccc(NC(=O)CN2C(=O)C(c3ccccc3)=NC23CCCCCC3)c1. The fourth-order valence-corrected chi connectivity index (χ4v) is 4.36. The predicted molar refractivity (Wildman–Crippen MR) is 117 cm³/mol. The summed E-state index contributed by atoms with van der Waals surface area (Å²) in [6, 6.07) is 16.7. The van der Waals surface area contributed by atoms with Crippen molar-refractivity contribution in [1.29, 1.82) is 0 Å². The van der Waals surface area contributed by atoms with Crippen molar-refractivity contribution in [2.45, 2.75) is 44.2 Å². The normalized spacial score (nSPS) is 18.1. The Morgan fingerprint density at radius 3 is 2.50 bits per heavy atom. The van der Waals surface area contributed by atoms with Gasteiger partial charge in [-0.1, -0.05) is 49.2 Å². The first kappa shape index (κ1) is 20.1. The molecule has 2 aliphatic rings. The van der Waals surface area contributed by atoms with Crippen LogP contribution in [0.4, 0.5) is 5.69 Å². The molecule has 2 aromatic rings. The molecule has 1 N–H and O–H groups in total. The zero-order valence-corrected chi connectivity index (χ0v) is 17.3. The Hall–Kier alpha value is -3.15. The second kappa shape index (κ2) is 8.69. The van der Waals surface area contributed by atoms with Gasteiger partial charge in [0, 0.05) is 17.3 Å². The highest BCUT2D eigenvalue weighted by Crippen LogP contribution is 2.38. The smallest absolute Gasteiger partial charge is 0.275 e. The van der Waals surface area contributed by atoms with Crippen LogP contribution in [-0.2, 0) is 9.59 Å². The van der Waals surface area contributed by atoms with E-state index in [1.165, 1.54) is 0 Å². The van der Waals surface area contributed by atoms with E-state index >= 15 is 0 Å². The van der Waals surface area contributed by atoms with Gasteiger partial charge in [-0.05, 0) is 37.8 Å². The lowest BCUT2D eigenvalue weighted by Gasteiger charge is -2.35. The number of methoxy groups -OCH3 is 1. The van der Waals surface area contributed by atoms with Gasteiger partial charge in [0.25, 0.3) is 5.91 Å². The average molecular weight is 405 g/mol. The molecular weight excluding hydrogens is 378 g/mol. The van der Waals surface area contributed by atoms with Crippen LogP contribution in [0.3, 0.4) is 0 Å². The summed E-state index contributed by atoms with van der Waals surface area (Å²) in [6.45, 7) is -0.0180. The highest BCUT2D eigenvalue weighted by Gasteiger charge is 2.47. The van der Waals surface area contributed by atoms with Gasteiger partial charge < -0.3 is 15.0 Å². The number of nitrogens with zero attached hydrogens (tertiary/aromatic N) is 2. The third kappa shape index (κ3) is 4.08. The van der Waals surface area contributed by atoms with Crippen LogP contribution < -0.4 is 10.1 Å². The van der Waals surface area contributed by atoms with E-state index in [4.69, 9.17) is 9.73 Å². The number of hydrogen-bond donors (Lipinski definition) is 1. The number of nitrogens with one attached hydrogen (secondary N) is 1. The molecule has 4 rings (SSSR count). The Labute approximate surface area is 176 Å². The average Bonchev–Trinajstić information content (AvgIpc) is 2.91. The molecule has 0 saturated heterocycles. The van der Waals surface area contributed by atoms with E-state index in [0.29, 0.717) is 17.1 Å². The van der Waals surface area contributed by atoms with Gasteiger partial charge in [-0.25, -0.2) is 0 Å². The van der Waals surface area contributed by atoms with Crippen LogP contribution in [0.2, 0.25) is 0 Å². The van der Waals surface area contributed by atoms with E-state index in [9.17, 15) is 9.59 Å². The molecule has 6 nitrogen and oxygen atoms in total. The maximum Gasteiger partial charge on any atom is 0.275 e. The highest BCUT2D eigenvalue weighted by atomic mass is 16.5. The molecule has 0 bridgehead atoms. The van der Waals surface area contributed by atoms with Crippen LogP contribution in [0, 0.1) is 0 Å². The molecule has 1 fully saturated rings. The molecule has 1 heterocycles. The Bertz CT molecular complexity index is 947. The predicted octanol–water partition coefficient (Wildman–Crippen LogP) is 4.02. The molecule has 0 radical (unpaired) electrons. The number of anilines is 1. The standard InChI is InChI=1S/C24H27N3O3/c1-30-20-13-9-12-19(16-20)25-21(28)17-27-23(29)22(18-10-5-4-6-11-18)26-24(27)14-7-2-3-8-15-24/h4-6,9-13,16H,2-3,7-8,14-15,17H2,1H3,(H,25,28). The number of hydrogen-bond acceptors (Lipinski definition) is 4. The first-order valence-corrected chi connectivity index (χ1v) is 10.5. The summed E-state index contributed by atoms with van der Waals surface area (Å²) < 4.78 is 5.22. The highest BCUT2D eigenvalue weighted by molar-refractivity contribution is 6.47. The fourth-order valence-electron chi connectivity index (χ4n) is 4.36. The fraction of sp³-hybridized carbons (Fsp3) is 0.375. The first-order chi connectivity index (χ1) is 14.6. The van der Waals surface area contributed by atoms with Crippen molar-refractivity contribution in [3.8, 4) is 5.75 Å². The first-order valence-electron chi connectivity index (χ1n) is 10.5. The minimum Gasteiger partial charge on any atom is -0.497 e. The molecule has 0 aromatic heterocycles. The molecule has 0 unspecified atom stereocenters. The number of carbonyl (C=O) groups excluding carboxylic acids is 2. The van der Waals surface area contributed by atoms with Gasteiger partial charge in [0.2, 0.25) is 5.91 Å². The van der Waals surface area contributed by atoms with E-state index in [2.05, 4.69) is 5.32 Å². The van der Waals surface area contributed by atoms with Gasteiger partial charge in [0.1, 0.15) is 23.7 Å². The molecule has 1 aliphatic carbocycles. The lowest BCUT2D eigenvalue weighted by atomic mass is 10.00. The van der Waals surface area contributed by atoms with Crippen LogP contribution in [-0.4, -0.2) is 41.7 Å². The third-order valence-corrected chi connectivity index (χ3v) is 5.88. The second-order valence-electron chi connectivity index (χ2n) is 7.89. The number of rotatable bonds is 5. The lowest BCUT2D eigenvalue weighted by molar-refractivity contribution is -0.133. The van der Waals surface area contributed by atoms with Gasteiger partial charge in [0.15, 0.2) is 0 Å². The zero-order chi connectivity index (χ0) is 21.0. The number of carbonyl (C=O) groups is 2. The number of ether oxygens (including phenoxy) is 1. The molecule has 156 valence electrons. The molecule has 1 saturated carbocycles. The monoisotopic (exact) mass is 405 g/mol. The molecule has 2 amide bonds. The minimum absolute atomic E-state index is 0.0180. The van der Waals surface area contributed by atoms with Gasteiger partial charge in [0.05, 0.1) is 7.11 Å². The topological polar surface area (TPSA) is 71.0 Å². The van der Waals surface area contributed by atoms with E-state index in [1.54, 1.807) is 24.1 Å². The molecule has 1 aliphatic heterocycles. The maximum absolute atomic E-state index is 13.4. The van der Waals surface area contributed by atoms with E-state index in [1.807, 2.05) is 42.5 Å². The summed E-state index contributed by atoms with van der Waals surface area (Å²) in [4.78, 5) is 32.9. The van der Waals surface area contributed by atoms with Gasteiger partial charge in [-0.2, -0.15) is 0 Å².